The van der Waals surface area contributed by atoms with Crippen LogP contribution in [0.15, 0.2) is 28.9 Å². The number of rotatable bonds is 5. The third kappa shape index (κ3) is 3.55. The van der Waals surface area contributed by atoms with Crippen molar-refractivity contribution in [2.45, 2.75) is 44.6 Å². The normalized spacial score (nSPS) is 17.3. The van der Waals surface area contributed by atoms with E-state index in [-0.39, 0.29) is 11.9 Å². The number of aromatic nitrogens is 5. The summed E-state index contributed by atoms with van der Waals surface area (Å²) >= 11 is 0. The fraction of sp³-hybridized carbons (Fsp3) is 0.476. The molecule has 1 aliphatic heterocycles. The molecule has 1 aliphatic carbocycles. The molecular formula is C21H24N6O3. The first kappa shape index (κ1) is 18.8. The molecule has 1 aromatic carbocycles. The van der Waals surface area contributed by atoms with Crippen molar-refractivity contribution in [2.24, 2.45) is 0 Å². The maximum atomic E-state index is 12.9. The summed E-state index contributed by atoms with van der Waals surface area (Å²) in [6.07, 6.45) is 5.75. The van der Waals surface area contributed by atoms with Crippen LogP contribution in [-0.2, 0) is 0 Å². The Kier molecular flexibility index (Phi) is 4.72. The van der Waals surface area contributed by atoms with Crippen LogP contribution in [0, 0.1) is 6.92 Å². The van der Waals surface area contributed by atoms with Crippen molar-refractivity contribution in [3.05, 3.63) is 41.3 Å². The van der Waals surface area contributed by atoms with E-state index in [1.807, 2.05) is 40.9 Å². The number of methoxy groups -OCH3 is 1. The standard InChI is InChI=1S/C21H24N6O3/c1-13-11-16(29-2)5-6-17(13)21(28)26-9-7-15(8-10-26)27-12-18(23-25-27)20-22-19(24-30-20)14-3-4-14/h5-6,11-12,14-15H,3-4,7-10H2,1-2H3. The van der Waals surface area contributed by atoms with Gasteiger partial charge in [0.1, 0.15) is 5.75 Å². The third-order valence-electron chi connectivity index (χ3n) is 5.90. The van der Waals surface area contributed by atoms with Crippen molar-refractivity contribution < 1.29 is 14.1 Å². The SMILES string of the molecule is COc1ccc(C(=O)N2CCC(n3cc(-c4nc(C5CC5)no4)nn3)CC2)c(C)c1. The van der Waals surface area contributed by atoms with Gasteiger partial charge in [0.05, 0.1) is 19.3 Å². The van der Waals surface area contributed by atoms with E-state index in [1.165, 1.54) is 0 Å². The quantitative estimate of drug-likeness (QED) is 0.640. The zero-order valence-electron chi connectivity index (χ0n) is 17.1. The number of carbonyl (C=O) groups is 1. The van der Waals surface area contributed by atoms with E-state index in [1.54, 1.807) is 7.11 Å². The van der Waals surface area contributed by atoms with E-state index in [2.05, 4.69) is 20.5 Å². The van der Waals surface area contributed by atoms with Crippen molar-refractivity contribution in [3.8, 4) is 17.3 Å². The van der Waals surface area contributed by atoms with Crippen LogP contribution in [0.25, 0.3) is 11.6 Å². The summed E-state index contributed by atoms with van der Waals surface area (Å²) in [4.78, 5) is 19.3. The van der Waals surface area contributed by atoms with Crippen LogP contribution in [0.4, 0.5) is 0 Å². The highest BCUT2D eigenvalue weighted by molar-refractivity contribution is 5.95. The van der Waals surface area contributed by atoms with Gasteiger partial charge in [0.15, 0.2) is 11.5 Å². The first-order valence-corrected chi connectivity index (χ1v) is 10.3. The molecule has 5 rings (SSSR count). The average Bonchev–Trinajstić information content (AvgIpc) is 3.30. The topological polar surface area (TPSA) is 99.2 Å². The van der Waals surface area contributed by atoms with Crippen LogP contribution >= 0.6 is 0 Å². The summed E-state index contributed by atoms with van der Waals surface area (Å²) in [6, 6.07) is 5.75. The lowest BCUT2D eigenvalue weighted by molar-refractivity contribution is 0.0688. The molecule has 9 heteroatoms. The number of likely N-dealkylation sites (tertiary alicyclic amines) is 1. The smallest absolute Gasteiger partial charge is 0.280 e. The number of amides is 1. The molecule has 0 radical (unpaired) electrons. The number of ether oxygens (including phenoxy) is 1. The Bertz CT molecular complexity index is 1060. The second-order valence-corrected chi connectivity index (χ2v) is 8.02. The number of carbonyl (C=O) groups excluding carboxylic acids is 1. The Balaban J connectivity index is 1.22. The fourth-order valence-electron chi connectivity index (χ4n) is 3.91. The Morgan fingerprint density at radius 3 is 2.70 bits per heavy atom. The zero-order chi connectivity index (χ0) is 20.7. The number of hydrogen-bond acceptors (Lipinski definition) is 7. The largest absolute Gasteiger partial charge is 0.497 e. The van der Waals surface area contributed by atoms with Gasteiger partial charge in [-0.25, -0.2) is 4.68 Å². The van der Waals surface area contributed by atoms with Crippen molar-refractivity contribution in [1.82, 2.24) is 30.0 Å². The highest BCUT2D eigenvalue weighted by atomic mass is 16.5. The lowest BCUT2D eigenvalue weighted by Crippen LogP contribution is -2.39. The van der Waals surface area contributed by atoms with Crippen LogP contribution in [-0.4, -0.2) is 56.1 Å². The van der Waals surface area contributed by atoms with Crippen LogP contribution < -0.4 is 4.74 Å². The van der Waals surface area contributed by atoms with Crippen molar-refractivity contribution in [3.63, 3.8) is 0 Å². The minimum atomic E-state index is 0.0614. The van der Waals surface area contributed by atoms with Gasteiger partial charge in [-0.2, -0.15) is 4.98 Å². The summed E-state index contributed by atoms with van der Waals surface area (Å²) in [7, 11) is 1.63. The molecule has 2 fully saturated rings. The summed E-state index contributed by atoms with van der Waals surface area (Å²) in [5.41, 5.74) is 2.24. The van der Waals surface area contributed by atoms with Gasteiger partial charge in [-0.1, -0.05) is 10.4 Å². The van der Waals surface area contributed by atoms with Crippen LogP contribution in [0.2, 0.25) is 0 Å². The molecule has 0 spiro atoms. The summed E-state index contributed by atoms with van der Waals surface area (Å²) in [5, 5.41) is 12.5. The number of piperidine rings is 1. The molecule has 1 saturated carbocycles. The number of benzene rings is 1. The molecule has 0 bridgehead atoms. The average molecular weight is 408 g/mol. The molecule has 2 aliphatic rings. The molecular weight excluding hydrogens is 384 g/mol. The molecule has 0 atom stereocenters. The Morgan fingerprint density at radius 1 is 1.20 bits per heavy atom. The van der Waals surface area contributed by atoms with Gasteiger partial charge in [0.2, 0.25) is 0 Å². The lowest BCUT2D eigenvalue weighted by Gasteiger charge is -2.32. The first-order valence-electron chi connectivity index (χ1n) is 10.3. The van der Waals surface area contributed by atoms with Gasteiger partial charge >= 0.3 is 0 Å². The highest BCUT2D eigenvalue weighted by Crippen LogP contribution is 2.38. The number of aryl methyl sites for hydroxylation is 1. The molecule has 1 amide bonds. The molecule has 30 heavy (non-hydrogen) atoms. The van der Waals surface area contributed by atoms with E-state index in [0.29, 0.717) is 30.6 Å². The van der Waals surface area contributed by atoms with Crippen LogP contribution in [0.3, 0.4) is 0 Å². The van der Waals surface area contributed by atoms with Crippen molar-refractivity contribution in [2.75, 3.05) is 20.2 Å². The van der Waals surface area contributed by atoms with Gasteiger partial charge < -0.3 is 14.2 Å². The fourth-order valence-corrected chi connectivity index (χ4v) is 3.91. The molecule has 3 aromatic rings. The molecule has 3 heterocycles. The van der Waals surface area contributed by atoms with Crippen molar-refractivity contribution in [1.29, 1.82) is 0 Å². The summed E-state index contributed by atoms with van der Waals surface area (Å²) in [6.45, 7) is 3.29. The Morgan fingerprint density at radius 2 is 2.00 bits per heavy atom. The molecule has 0 N–H and O–H groups in total. The molecule has 2 aromatic heterocycles. The Labute approximate surface area is 174 Å². The van der Waals surface area contributed by atoms with E-state index in [4.69, 9.17) is 9.26 Å². The van der Waals surface area contributed by atoms with E-state index in [0.717, 1.165) is 48.4 Å². The molecule has 0 unspecified atom stereocenters. The second kappa shape index (κ2) is 7.55. The van der Waals surface area contributed by atoms with Crippen molar-refractivity contribution >= 4 is 5.91 Å². The predicted molar refractivity (Wildman–Crippen MR) is 107 cm³/mol. The van der Waals surface area contributed by atoms with Gasteiger partial charge in [-0.15, -0.1) is 5.10 Å². The van der Waals surface area contributed by atoms with E-state index < -0.39 is 0 Å². The van der Waals surface area contributed by atoms with E-state index >= 15 is 0 Å². The predicted octanol–water partition coefficient (Wildman–Crippen LogP) is 3.00. The number of hydrogen-bond donors (Lipinski definition) is 0. The lowest BCUT2D eigenvalue weighted by atomic mass is 10.0. The monoisotopic (exact) mass is 408 g/mol. The van der Waals surface area contributed by atoms with E-state index in [9.17, 15) is 4.79 Å². The Hall–Kier alpha value is -3.23. The van der Waals surface area contributed by atoms with Gasteiger partial charge in [-0.3, -0.25) is 4.79 Å². The van der Waals surface area contributed by atoms with Crippen LogP contribution in [0.5, 0.6) is 5.75 Å². The maximum absolute atomic E-state index is 12.9. The highest BCUT2D eigenvalue weighted by Gasteiger charge is 2.30. The minimum absolute atomic E-state index is 0.0614. The zero-order valence-corrected chi connectivity index (χ0v) is 17.1. The van der Waals surface area contributed by atoms with Gasteiger partial charge in [0, 0.05) is 24.6 Å². The summed E-state index contributed by atoms with van der Waals surface area (Å²) < 4.78 is 12.4. The summed E-state index contributed by atoms with van der Waals surface area (Å²) in [5.74, 6) is 2.45. The first-order chi connectivity index (χ1) is 14.6. The van der Waals surface area contributed by atoms with Crippen LogP contribution in [0.1, 0.15) is 59.4 Å². The third-order valence-corrected chi connectivity index (χ3v) is 5.90. The number of nitrogens with zero attached hydrogens (tertiary/aromatic N) is 6. The molecule has 156 valence electrons. The molecule has 1 saturated heterocycles. The molecule has 9 nitrogen and oxygen atoms in total. The van der Waals surface area contributed by atoms with Gasteiger partial charge in [0.25, 0.3) is 11.8 Å². The maximum Gasteiger partial charge on any atom is 0.280 e. The second-order valence-electron chi connectivity index (χ2n) is 8.02. The van der Waals surface area contributed by atoms with Gasteiger partial charge in [-0.05, 0) is 56.4 Å². The minimum Gasteiger partial charge on any atom is -0.497 e.